The van der Waals surface area contributed by atoms with Gasteiger partial charge in [0.05, 0.1) is 11.1 Å². The Kier molecular flexibility index (Phi) is 3.20. The minimum Gasteiger partial charge on any atom is -0.320 e. The van der Waals surface area contributed by atoms with Gasteiger partial charge >= 0.3 is 0 Å². The monoisotopic (exact) mass is 267 g/mol. The highest BCUT2D eigenvalue weighted by atomic mass is 35.5. The molecule has 0 fully saturated rings. The van der Waals surface area contributed by atoms with Crippen LogP contribution in [0.5, 0.6) is 0 Å². The Morgan fingerprint density at radius 1 is 1.50 bits per heavy atom. The number of amides is 1. The molecule has 1 aromatic heterocycles. The van der Waals surface area contributed by atoms with Gasteiger partial charge in [-0.15, -0.1) is 0 Å². The molecule has 1 heterocycles. The number of carbonyl (C=O) groups excluding carboxylic acids is 1. The smallest absolute Gasteiger partial charge is 0.288 e. The van der Waals surface area contributed by atoms with Gasteiger partial charge in [-0.1, -0.05) is 11.6 Å². The molecule has 2 N–H and O–H groups in total. The molecule has 9 heteroatoms. The van der Waals surface area contributed by atoms with Crippen LogP contribution in [-0.4, -0.2) is 26.2 Å². The van der Waals surface area contributed by atoms with Gasteiger partial charge in [0.2, 0.25) is 0 Å². The third kappa shape index (κ3) is 2.43. The van der Waals surface area contributed by atoms with Crippen molar-refractivity contribution in [3.8, 4) is 0 Å². The maximum atomic E-state index is 11.6. The van der Waals surface area contributed by atoms with E-state index in [1.165, 1.54) is 24.4 Å². The lowest BCUT2D eigenvalue weighted by atomic mass is 10.2. The number of hydrogen-bond donors (Lipinski definition) is 2. The Balaban J connectivity index is 2.18. The number of benzene rings is 1. The van der Waals surface area contributed by atoms with Crippen LogP contribution in [0.1, 0.15) is 10.5 Å². The number of aromatic nitrogens is 3. The third-order valence-corrected chi connectivity index (χ3v) is 2.35. The van der Waals surface area contributed by atoms with E-state index in [4.69, 9.17) is 11.6 Å². The SMILES string of the molecule is O=C(Nc1ccc([N+](=O)[O-])c(Cl)c1)c1cn[nH]n1. The summed E-state index contributed by atoms with van der Waals surface area (Å²) in [6.07, 6.45) is 1.25. The van der Waals surface area contributed by atoms with Crippen molar-refractivity contribution in [1.82, 2.24) is 15.4 Å². The molecule has 0 spiro atoms. The van der Waals surface area contributed by atoms with Gasteiger partial charge in [0.25, 0.3) is 11.6 Å². The van der Waals surface area contributed by atoms with Crippen LogP contribution < -0.4 is 5.32 Å². The van der Waals surface area contributed by atoms with Crippen molar-refractivity contribution in [3.63, 3.8) is 0 Å². The second-order valence-electron chi connectivity index (χ2n) is 3.23. The Morgan fingerprint density at radius 3 is 2.83 bits per heavy atom. The van der Waals surface area contributed by atoms with Gasteiger partial charge in [0.15, 0.2) is 5.69 Å². The zero-order chi connectivity index (χ0) is 13.1. The number of anilines is 1. The molecular formula is C9H6ClN5O3. The standard InChI is InChI=1S/C9H6ClN5O3/c10-6-3-5(1-2-8(6)15(17)18)12-9(16)7-4-11-14-13-7/h1-4H,(H,12,16)(H,11,13,14). The summed E-state index contributed by atoms with van der Waals surface area (Å²) in [5.41, 5.74) is 0.208. The summed E-state index contributed by atoms with van der Waals surface area (Å²) in [7, 11) is 0. The molecule has 2 aromatic rings. The Morgan fingerprint density at radius 2 is 2.28 bits per heavy atom. The van der Waals surface area contributed by atoms with Crippen molar-refractivity contribution in [1.29, 1.82) is 0 Å². The second kappa shape index (κ2) is 4.80. The van der Waals surface area contributed by atoms with Gasteiger partial charge < -0.3 is 5.32 Å². The molecule has 0 unspecified atom stereocenters. The molecule has 0 atom stereocenters. The zero-order valence-corrected chi connectivity index (χ0v) is 9.51. The molecule has 0 aliphatic carbocycles. The van der Waals surface area contributed by atoms with Crippen LogP contribution in [0.15, 0.2) is 24.4 Å². The second-order valence-corrected chi connectivity index (χ2v) is 3.64. The van der Waals surface area contributed by atoms with Crippen LogP contribution in [0.2, 0.25) is 5.02 Å². The highest BCUT2D eigenvalue weighted by Gasteiger charge is 2.14. The zero-order valence-electron chi connectivity index (χ0n) is 8.75. The van der Waals surface area contributed by atoms with Gasteiger partial charge in [-0.2, -0.15) is 15.4 Å². The van der Waals surface area contributed by atoms with Crippen molar-refractivity contribution < 1.29 is 9.72 Å². The average Bonchev–Trinajstić information content (AvgIpc) is 2.81. The predicted octanol–water partition coefficient (Wildman–Crippen LogP) is 1.62. The summed E-state index contributed by atoms with van der Waals surface area (Å²) in [4.78, 5) is 21.5. The number of rotatable bonds is 3. The number of aromatic amines is 1. The molecular weight excluding hydrogens is 262 g/mol. The molecule has 0 saturated carbocycles. The summed E-state index contributed by atoms with van der Waals surface area (Å²) < 4.78 is 0. The van der Waals surface area contributed by atoms with Gasteiger partial charge in [-0.3, -0.25) is 14.9 Å². The van der Waals surface area contributed by atoms with E-state index in [1.54, 1.807) is 0 Å². The van der Waals surface area contributed by atoms with Crippen molar-refractivity contribution in [3.05, 3.63) is 45.2 Å². The van der Waals surface area contributed by atoms with E-state index in [9.17, 15) is 14.9 Å². The van der Waals surface area contributed by atoms with E-state index < -0.39 is 10.8 Å². The summed E-state index contributed by atoms with van der Waals surface area (Å²) in [5, 5.41) is 22.4. The van der Waals surface area contributed by atoms with Crippen molar-refractivity contribution in [2.75, 3.05) is 5.32 Å². The average molecular weight is 268 g/mol. The first-order chi connectivity index (χ1) is 8.58. The summed E-state index contributed by atoms with van der Waals surface area (Å²) >= 11 is 5.71. The number of halogens is 1. The van der Waals surface area contributed by atoms with E-state index in [2.05, 4.69) is 20.7 Å². The minimum absolute atomic E-state index is 0.0575. The van der Waals surface area contributed by atoms with Gasteiger partial charge in [-0.05, 0) is 12.1 Å². The fourth-order valence-corrected chi connectivity index (χ4v) is 1.49. The number of nitro benzene ring substituents is 1. The van der Waals surface area contributed by atoms with Crippen LogP contribution in [0.25, 0.3) is 0 Å². The molecule has 0 bridgehead atoms. The molecule has 0 radical (unpaired) electrons. The quantitative estimate of drug-likeness (QED) is 0.648. The summed E-state index contributed by atoms with van der Waals surface area (Å²) in [6, 6.07) is 3.88. The first-order valence-corrected chi connectivity index (χ1v) is 5.07. The molecule has 1 amide bonds. The summed E-state index contributed by atoms with van der Waals surface area (Å²) in [6.45, 7) is 0. The maximum Gasteiger partial charge on any atom is 0.288 e. The van der Waals surface area contributed by atoms with E-state index in [1.807, 2.05) is 0 Å². The lowest BCUT2D eigenvalue weighted by Gasteiger charge is -2.03. The lowest BCUT2D eigenvalue weighted by Crippen LogP contribution is -2.12. The number of carbonyl (C=O) groups is 1. The first-order valence-electron chi connectivity index (χ1n) is 4.69. The Hall–Kier alpha value is -2.48. The normalized spacial score (nSPS) is 10.1. The van der Waals surface area contributed by atoms with Gasteiger partial charge in [-0.25, -0.2) is 0 Å². The molecule has 2 rings (SSSR count). The minimum atomic E-state index is -0.606. The first kappa shape index (κ1) is 12.0. The maximum absolute atomic E-state index is 11.6. The van der Waals surface area contributed by atoms with E-state index in [-0.39, 0.29) is 16.4 Å². The number of nitrogens with one attached hydrogen (secondary N) is 2. The van der Waals surface area contributed by atoms with E-state index >= 15 is 0 Å². The largest absolute Gasteiger partial charge is 0.320 e. The van der Waals surface area contributed by atoms with E-state index in [0.717, 1.165) is 0 Å². The fraction of sp³-hybridized carbons (Fsp3) is 0. The van der Waals surface area contributed by atoms with Crippen molar-refractivity contribution >= 4 is 28.9 Å². The van der Waals surface area contributed by atoms with Crippen molar-refractivity contribution in [2.24, 2.45) is 0 Å². The highest BCUT2D eigenvalue weighted by Crippen LogP contribution is 2.27. The molecule has 0 aliphatic heterocycles. The Bertz CT molecular complexity index is 598. The number of hydrogen-bond acceptors (Lipinski definition) is 5. The van der Waals surface area contributed by atoms with E-state index in [0.29, 0.717) is 5.69 Å². The van der Waals surface area contributed by atoms with Gasteiger partial charge in [0, 0.05) is 11.8 Å². The lowest BCUT2D eigenvalue weighted by molar-refractivity contribution is -0.384. The van der Waals surface area contributed by atoms with Crippen LogP contribution >= 0.6 is 11.6 Å². The van der Waals surface area contributed by atoms with Crippen LogP contribution in [0.3, 0.4) is 0 Å². The molecule has 1 aromatic carbocycles. The molecule has 0 saturated heterocycles. The summed E-state index contributed by atoms with van der Waals surface area (Å²) in [5.74, 6) is -0.492. The van der Waals surface area contributed by atoms with Crippen LogP contribution in [0, 0.1) is 10.1 Å². The Labute approximate surface area is 105 Å². The number of H-pyrrole nitrogens is 1. The van der Waals surface area contributed by atoms with Gasteiger partial charge in [0.1, 0.15) is 5.02 Å². The third-order valence-electron chi connectivity index (χ3n) is 2.05. The molecule has 18 heavy (non-hydrogen) atoms. The fourth-order valence-electron chi connectivity index (χ4n) is 1.24. The number of nitro groups is 1. The molecule has 92 valence electrons. The number of nitrogens with zero attached hydrogens (tertiary/aromatic N) is 3. The van der Waals surface area contributed by atoms with Crippen LogP contribution in [0.4, 0.5) is 11.4 Å². The molecule has 0 aliphatic rings. The highest BCUT2D eigenvalue weighted by molar-refractivity contribution is 6.33. The van der Waals surface area contributed by atoms with Crippen molar-refractivity contribution in [2.45, 2.75) is 0 Å². The topological polar surface area (TPSA) is 114 Å². The van der Waals surface area contributed by atoms with Crippen LogP contribution in [-0.2, 0) is 0 Å². The predicted molar refractivity (Wildman–Crippen MR) is 62.4 cm³/mol. The molecule has 8 nitrogen and oxygen atoms in total.